The maximum Gasteiger partial charge on any atom is 0.324 e. The number of rotatable bonds is 7. The van der Waals surface area contributed by atoms with Crippen LogP contribution in [0, 0.1) is 6.92 Å². The highest BCUT2D eigenvalue weighted by Crippen LogP contribution is 2.27. The summed E-state index contributed by atoms with van der Waals surface area (Å²) in [7, 11) is 0. The molecule has 3 amide bonds. The van der Waals surface area contributed by atoms with Gasteiger partial charge in [-0.15, -0.1) is 0 Å². The molecule has 3 N–H and O–H groups in total. The highest BCUT2D eigenvalue weighted by molar-refractivity contribution is 5.99. The lowest BCUT2D eigenvalue weighted by Crippen LogP contribution is -2.23. The molecule has 196 valence electrons. The lowest BCUT2D eigenvalue weighted by molar-refractivity contribution is 0.0950. The number of carbonyl (C=O) groups excluding carboxylic acids is 2. The zero-order chi connectivity index (χ0) is 27.3. The van der Waals surface area contributed by atoms with Crippen molar-refractivity contribution in [2.45, 2.75) is 40.0 Å². The molecule has 0 saturated heterocycles. The molecule has 0 spiro atoms. The van der Waals surface area contributed by atoms with Gasteiger partial charge in [0.25, 0.3) is 5.91 Å². The van der Waals surface area contributed by atoms with Gasteiger partial charge in [-0.2, -0.15) is 5.10 Å². The Hall–Kier alpha value is -4.66. The lowest BCUT2D eigenvalue weighted by Gasteiger charge is -2.14. The van der Waals surface area contributed by atoms with Gasteiger partial charge in [-0.05, 0) is 56.3 Å². The van der Waals surface area contributed by atoms with Crippen LogP contribution >= 0.6 is 0 Å². The molecular weight excluding hydrogens is 480 g/mol. The van der Waals surface area contributed by atoms with Crippen molar-refractivity contribution in [3.05, 3.63) is 89.9 Å². The predicted molar refractivity (Wildman–Crippen MR) is 148 cm³/mol. The summed E-state index contributed by atoms with van der Waals surface area (Å²) in [6, 6.07) is 19.6. The minimum atomic E-state index is -0.395. The van der Waals surface area contributed by atoms with Crippen LogP contribution in [0.5, 0.6) is 11.5 Å². The zero-order valence-corrected chi connectivity index (χ0v) is 22.2. The standard InChI is InChI=1S/C29H32N6O3/c1-6-30-27(36)24-17-23(15-16-31-24)38-22-13-9-20(10-14-22)32-28(37)33-26-18-25(29(3,4)5)34-35(26)21-11-7-19(2)8-12-21/h7-18H,6H2,1-5H3,(H,30,36)(H2,32,33,37). The van der Waals surface area contributed by atoms with Gasteiger partial charge in [0.15, 0.2) is 0 Å². The van der Waals surface area contributed by atoms with E-state index in [1.165, 1.54) is 6.20 Å². The summed E-state index contributed by atoms with van der Waals surface area (Å²) in [5, 5.41) is 13.2. The average Bonchev–Trinajstić information content (AvgIpc) is 3.30. The van der Waals surface area contributed by atoms with Crippen LogP contribution in [0.25, 0.3) is 5.69 Å². The Kier molecular flexibility index (Phi) is 7.76. The molecule has 0 aliphatic heterocycles. The Balaban J connectivity index is 1.44. The van der Waals surface area contributed by atoms with Crippen molar-refractivity contribution in [1.29, 1.82) is 0 Å². The maximum atomic E-state index is 12.9. The molecule has 4 aromatic rings. The molecule has 38 heavy (non-hydrogen) atoms. The van der Waals surface area contributed by atoms with Crippen molar-refractivity contribution in [3.63, 3.8) is 0 Å². The van der Waals surface area contributed by atoms with Crippen LogP contribution in [0.4, 0.5) is 16.3 Å². The number of pyridine rings is 1. The number of ether oxygens (including phenoxy) is 1. The number of aryl methyl sites for hydroxylation is 1. The summed E-state index contributed by atoms with van der Waals surface area (Å²) < 4.78 is 7.59. The SMILES string of the molecule is CCNC(=O)c1cc(Oc2ccc(NC(=O)Nc3cc(C(C)(C)C)nn3-c3ccc(C)cc3)cc2)ccn1. The molecule has 4 rings (SSSR count). The van der Waals surface area contributed by atoms with Gasteiger partial charge in [0, 0.05) is 36.0 Å². The summed E-state index contributed by atoms with van der Waals surface area (Å²) in [5.74, 6) is 1.34. The van der Waals surface area contributed by atoms with Gasteiger partial charge in [-0.25, -0.2) is 9.48 Å². The lowest BCUT2D eigenvalue weighted by atomic mass is 9.92. The Morgan fingerprint density at radius 1 is 0.921 bits per heavy atom. The van der Waals surface area contributed by atoms with E-state index in [1.54, 1.807) is 41.1 Å². The van der Waals surface area contributed by atoms with E-state index in [4.69, 9.17) is 9.84 Å². The summed E-state index contributed by atoms with van der Waals surface area (Å²) >= 11 is 0. The van der Waals surface area contributed by atoms with Crippen LogP contribution in [0.2, 0.25) is 0 Å². The second kappa shape index (κ2) is 11.2. The molecule has 2 aromatic carbocycles. The fourth-order valence-corrected chi connectivity index (χ4v) is 3.59. The summed E-state index contributed by atoms with van der Waals surface area (Å²) in [5.41, 5.74) is 3.54. The van der Waals surface area contributed by atoms with E-state index in [2.05, 4.69) is 41.7 Å². The van der Waals surface area contributed by atoms with Crippen LogP contribution in [0.1, 0.15) is 49.4 Å². The quantitative estimate of drug-likeness (QED) is 0.279. The number of carbonyl (C=O) groups is 2. The number of hydrogen-bond donors (Lipinski definition) is 3. The third-order valence-corrected chi connectivity index (χ3v) is 5.65. The van der Waals surface area contributed by atoms with Gasteiger partial charge < -0.3 is 15.4 Å². The van der Waals surface area contributed by atoms with Crippen molar-refractivity contribution < 1.29 is 14.3 Å². The Morgan fingerprint density at radius 3 is 2.29 bits per heavy atom. The Bertz CT molecular complexity index is 1420. The van der Waals surface area contributed by atoms with Gasteiger partial charge in [-0.1, -0.05) is 38.5 Å². The molecule has 2 heterocycles. The van der Waals surface area contributed by atoms with E-state index < -0.39 is 6.03 Å². The minimum Gasteiger partial charge on any atom is -0.457 e. The van der Waals surface area contributed by atoms with Crippen LogP contribution < -0.4 is 20.7 Å². The Morgan fingerprint density at radius 2 is 1.63 bits per heavy atom. The van der Waals surface area contributed by atoms with Crippen molar-refractivity contribution >= 4 is 23.4 Å². The minimum absolute atomic E-state index is 0.186. The van der Waals surface area contributed by atoms with Crippen molar-refractivity contribution in [2.75, 3.05) is 17.2 Å². The predicted octanol–water partition coefficient (Wildman–Crippen LogP) is 6.06. The second-order valence-corrected chi connectivity index (χ2v) is 9.85. The van der Waals surface area contributed by atoms with Crippen molar-refractivity contribution in [2.24, 2.45) is 0 Å². The zero-order valence-electron chi connectivity index (χ0n) is 22.2. The topological polar surface area (TPSA) is 110 Å². The highest BCUT2D eigenvalue weighted by atomic mass is 16.5. The van der Waals surface area contributed by atoms with Crippen LogP contribution in [0.3, 0.4) is 0 Å². The van der Waals surface area contributed by atoms with Crippen molar-refractivity contribution in [1.82, 2.24) is 20.1 Å². The van der Waals surface area contributed by atoms with E-state index in [9.17, 15) is 9.59 Å². The second-order valence-electron chi connectivity index (χ2n) is 9.85. The first-order chi connectivity index (χ1) is 18.1. The first-order valence-electron chi connectivity index (χ1n) is 12.4. The van der Waals surface area contributed by atoms with Crippen molar-refractivity contribution in [3.8, 4) is 17.2 Å². The number of benzene rings is 2. The molecule has 0 saturated carbocycles. The average molecular weight is 513 g/mol. The molecule has 0 radical (unpaired) electrons. The molecule has 9 nitrogen and oxygen atoms in total. The molecule has 0 unspecified atom stereocenters. The number of nitrogens with zero attached hydrogens (tertiary/aromatic N) is 3. The van der Waals surface area contributed by atoms with E-state index in [0.717, 1.165) is 16.9 Å². The number of hydrogen-bond acceptors (Lipinski definition) is 5. The Labute approximate surface area is 222 Å². The smallest absolute Gasteiger partial charge is 0.324 e. The number of nitrogens with one attached hydrogen (secondary N) is 3. The van der Waals surface area contributed by atoms with Gasteiger partial charge in [0.2, 0.25) is 0 Å². The van der Waals surface area contributed by atoms with E-state index in [-0.39, 0.29) is 17.0 Å². The maximum absolute atomic E-state index is 12.9. The first kappa shape index (κ1) is 26.4. The molecule has 0 fully saturated rings. The molecule has 9 heteroatoms. The molecular formula is C29H32N6O3. The monoisotopic (exact) mass is 512 g/mol. The molecule has 0 atom stereocenters. The summed E-state index contributed by atoms with van der Waals surface area (Å²) in [6.45, 7) is 10.6. The first-order valence-corrected chi connectivity index (χ1v) is 12.4. The molecule has 0 aliphatic carbocycles. The van der Waals surface area contributed by atoms with E-state index >= 15 is 0 Å². The van der Waals surface area contributed by atoms with Crippen LogP contribution in [-0.2, 0) is 5.41 Å². The summed E-state index contributed by atoms with van der Waals surface area (Å²) in [6.07, 6.45) is 1.52. The fourth-order valence-electron chi connectivity index (χ4n) is 3.59. The highest BCUT2D eigenvalue weighted by Gasteiger charge is 2.21. The normalized spacial score (nSPS) is 11.1. The fraction of sp³-hybridized carbons (Fsp3) is 0.241. The van der Waals surface area contributed by atoms with E-state index in [1.807, 2.05) is 44.2 Å². The summed E-state index contributed by atoms with van der Waals surface area (Å²) in [4.78, 5) is 29.0. The number of aromatic nitrogens is 3. The molecule has 0 bridgehead atoms. The molecule has 0 aliphatic rings. The van der Waals surface area contributed by atoms with Gasteiger partial charge in [0.05, 0.1) is 11.4 Å². The third-order valence-electron chi connectivity index (χ3n) is 5.65. The number of anilines is 2. The molecule has 2 aromatic heterocycles. The number of amides is 3. The van der Waals surface area contributed by atoms with Crippen LogP contribution in [-0.4, -0.2) is 33.2 Å². The van der Waals surface area contributed by atoms with Gasteiger partial charge in [0.1, 0.15) is 23.0 Å². The number of urea groups is 1. The van der Waals surface area contributed by atoms with E-state index in [0.29, 0.717) is 29.5 Å². The van der Waals surface area contributed by atoms with Crippen LogP contribution in [0.15, 0.2) is 72.9 Å². The van der Waals surface area contributed by atoms with Gasteiger partial charge in [-0.3, -0.25) is 15.1 Å². The largest absolute Gasteiger partial charge is 0.457 e. The third kappa shape index (κ3) is 6.56. The van der Waals surface area contributed by atoms with Gasteiger partial charge >= 0.3 is 6.03 Å².